The molecule has 0 saturated carbocycles. The summed E-state index contributed by atoms with van der Waals surface area (Å²) in [7, 11) is 1.36. The maximum atomic E-state index is 12.5. The first-order chi connectivity index (χ1) is 13.6. The molecule has 29 heavy (non-hydrogen) atoms. The van der Waals surface area contributed by atoms with Crippen LogP contribution in [0.4, 0.5) is 0 Å². The molecule has 0 spiro atoms. The fraction of sp³-hybridized carbons (Fsp3) is 0.381. The molecular formula is C21H25ClN2O5. The number of aromatic nitrogens is 1. The van der Waals surface area contributed by atoms with Crippen LogP contribution in [0.25, 0.3) is 0 Å². The van der Waals surface area contributed by atoms with Gasteiger partial charge in [-0.2, -0.15) is 0 Å². The van der Waals surface area contributed by atoms with Crippen LogP contribution in [0.2, 0.25) is 5.02 Å². The number of hydrogen-bond donors (Lipinski definition) is 2. The zero-order valence-electron chi connectivity index (χ0n) is 17.0. The quantitative estimate of drug-likeness (QED) is 0.665. The third-order valence-electron chi connectivity index (χ3n) is 4.92. The summed E-state index contributed by atoms with van der Waals surface area (Å²) in [6.07, 6.45) is 0.853. The molecule has 8 heteroatoms. The first kappa shape index (κ1) is 22.5. The van der Waals surface area contributed by atoms with Gasteiger partial charge in [0.05, 0.1) is 7.11 Å². The van der Waals surface area contributed by atoms with Crippen molar-refractivity contribution in [2.24, 2.45) is 0 Å². The van der Waals surface area contributed by atoms with E-state index in [2.05, 4.69) is 10.3 Å². The van der Waals surface area contributed by atoms with Crippen LogP contribution in [0.1, 0.15) is 43.7 Å². The van der Waals surface area contributed by atoms with Crippen molar-refractivity contribution in [2.45, 2.75) is 45.3 Å². The monoisotopic (exact) mass is 420 g/mol. The van der Waals surface area contributed by atoms with Gasteiger partial charge < -0.3 is 19.9 Å². The van der Waals surface area contributed by atoms with E-state index in [0.29, 0.717) is 5.02 Å². The molecule has 2 atom stereocenters. The van der Waals surface area contributed by atoms with E-state index in [0.717, 1.165) is 5.56 Å². The molecule has 1 heterocycles. The molecule has 1 unspecified atom stereocenters. The lowest BCUT2D eigenvalue weighted by atomic mass is 9.80. The number of methoxy groups -OCH3 is 1. The summed E-state index contributed by atoms with van der Waals surface area (Å²) in [5.41, 5.74) is 0.249. The average molecular weight is 421 g/mol. The lowest BCUT2D eigenvalue weighted by Gasteiger charge is -2.32. The first-order valence-electron chi connectivity index (χ1n) is 9.07. The summed E-state index contributed by atoms with van der Waals surface area (Å²) in [4.78, 5) is 28.7. The van der Waals surface area contributed by atoms with Crippen LogP contribution >= 0.6 is 11.6 Å². The number of hydrogen-bond acceptors (Lipinski definition) is 6. The van der Waals surface area contributed by atoms with Gasteiger partial charge in [-0.3, -0.25) is 4.79 Å². The molecule has 156 valence electrons. The third kappa shape index (κ3) is 5.17. The third-order valence-corrected chi connectivity index (χ3v) is 5.17. The summed E-state index contributed by atoms with van der Waals surface area (Å²) in [6.45, 7) is 7.20. The van der Waals surface area contributed by atoms with Gasteiger partial charge in [-0.05, 0) is 31.5 Å². The van der Waals surface area contributed by atoms with E-state index in [1.807, 2.05) is 26.0 Å². The van der Waals surface area contributed by atoms with E-state index < -0.39 is 35.2 Å². The number of aromatic hydroxyl groups is 1. The number of nitrogens with one attached hydrogen (secondary N) is 1. The van der Waals surface area contributed by atoms with E-state index >= 15 is 0 Å². The molecule has 0 aliphatic heterocycles. The van der Waals surface area contributed by atoms with Gasteiger partial charge in [-0.25, -0.2) is 9.78 Å². The predicted molar refractivity (Wildman–Crippen MR) is 109 cm³/mol. The zero-order chi connectivity index (χ0) is 21.8. The number of pyridine rings is 1. The van der Waals surface area contributed by atoms with Crippen LogP contribution in [-0.2, 0) is 14.9 Å². The molecular weight excluding hydrogens is 396 g/mol. The van der Waals surface area contributed by atoms with Crippen molar-refractivity contribution < 1.29 is 24.2 Å². The lowest BCUT2D eigenvalue weighted by Crippen LogP contribution is -2.44. The molecule has 0 saturated heterocycles. The molecule has 0 radical (unpaired) electrons. The highest BCUT2D eigenvalue weighted by atomic mass is 35.5. The van der Waals surface area contributed by atoms with E-state index in [4.69, 9.17) is 21.1 Å². The predicted octanol–water partition coefficient (Wildman–Crippen LogP) is 3.48. The largest absolute Gasteiger partial charge is 0.503 e. The number of rotatable bonds is 7. The standard InChI is InChI=1S/C21H25ClN2O5/c1-12(24-19(26)17-18(25)16(28-5)10-11-23-17)20(27)29-13(2)21(3,4)14-6-8-15(22)9-7-14/h6-13,25H,1-5H3,(H,24,26)/t12-,13?/m0/s1. The molecule has 0 bridgehead atoms. The van der Waals surface area contributed by atoms with Gasteiger partial charge >= 0.3 is 5.97 Å². The smallest absolute Gasteiger partial charge is 0.328 e. The number of halogens is 1. The van der Waals surface area contributed by atoms with Crippen LogP contribution in [0.3, 0.4) is 0 Å². The first-order valence-corrected chi connectivity index (χ1v) is 9.45. The number of esters is 1. The van der Waals surface area contributed by atoms with Crippen LogP contribution in [0, 0.1) is 0 Å². The molecule has 1 amide bonds. The molecule has 1 aromatic carbocycles. The van der Waals surface area contributed by atoms with Crippen molar-refractivity contribution in [1.82, 2.24) is 10.3 Å². The lowest BCUT2D eigenvalue weighted by molar-refractivity contribution is -0.153. The fourth-order valence-electron chi connectivity index (χ4n) is 2.63. The Hall–Kier alpha value is -2.80. The summed E-state index contributed by atoms with van der Waals surface area (Å²) in [6, 6.07) is 7.81. The Kier molecular flexibility index (Phi) is 7.08. The maximum absolute atomic E-state index is 12.5. The summed E-state index contributed by atoms with van der Waals surface area (Å²) in [5, 5.41) is 13.1. The van der Waals surface area contributed by atoms with Crippen LogP contribution in [-0.4, -0.2) is 41.2 Å². The summed E-state index contributed by atoms with van der Waals surface area (Å²) >= 11 is 5.94. The highest BCUT2D eigenvalue weighted by Gasteiger charge is 2.32. The van der Waals surface area contributed by atoms with Crippen LogP contribution in [0.15, 0.2) is 36.5 Å². The normalized spacial score (nSPS) is 13.3. The van der Waals surface area contributed by atoms with Crippen molar-refractivity contribution in [3.63, 3.8) is 0 Å². The number of carbonyl (C=O) groups excluding carboxylic acids is 2. The highest BCUT2D eigenvalue weighted by Crippen LogP contribution is 2.30. The number of nitrogens with zero attached hydrogens (tertiary/aromatic N) is 1. The van der Waals surface area contributed by atoms with Crippen molar-refractivity contribution in [1.29, 1.82) is 0 Å². The molecule has 7 nitrogen and oxygen atoms in total. The van der Waals surface area contributed by atoms with E-state index in [1.165, 1.54) is 26.3 Å². The fourth-order valence-corrected chi connectivity index (χ4v) is 2.75. The van der Waals surface area contributed by atoms with Gasteiger partial charge in [-0.1, -0.05) is 37.6 Å². The number of benzene rings is 1. The minimum absolute atomic E-state index is 0.110. The van der Waals surface area contributed by atoms with E-state index in [9.17, 15) is 14.7 Å². The van der Waals surface area contributed by atoms with Crippen molar-refractivity contribution in [3.05, 3.63) is 52.8 Å². The molecule has 0 aliphatic carbocycles. The second-order valence-corrected chi connectivity index (χ2v) is 7.65. The van der Waals surface area contributed by atoms with Crippen molar-refractivity contribution >= 4 is 23.5 Å². The highest BCUT2D eigenvalue weighted by molar-refractivity contribution is 6.30. The van der Waals surface area contributed by atoms with Gasteiger partial charge in [0.2, 0.25) is 0 Å². The second-order valence-electron chi connectivity index (χ2n) is 7.21. The Bertz CT molecular complexity index is 883. The van der Waals surface area contributed by atoms with Crippen LogP contribution in [0.5, 0.6) is 11.5 Å². The van der Waals surface area contributed by atoms with E-state index in [-0.39, 0.29) is 11.4 Å². The molecule has 2 rings (SSSR count). The Morgan fingerprint density at radius 2 is 1.79 bits per heavy atom. The Morgan fingerprint density at radius 1 is 1.17 bits per heavy atom. The Morgan fingerprint density at radius 3 is 2.38 bits per heavy atom. The summed E-state index contributed by atoms with van der Waals surface area (Å²) in [5.74, 6) is -1.60. The second kappa shape index (κ2) is 9.13. The molecule has 2 N–H and O–H groups in total. The number of amides is 1. The number of ether oxygens (including phenoxy) is 2. The van der Waals surface area contributed by atoms with Gasteiger partial charge in [0.25, 0.3) is 5.91 Å². The number of carbonyl (C=O) groups is 2. The minimum Gasteiger partial charge on any atom is -0.503 e. The van der Waals surface area contributed by atoms with Gasteiger partial charge in [0.15, 0.2) is 17.2 Å². The van der Waals surface area contributed by atoms with E-state index in [1.54, 1.807) is 19.1 Å². The minimum atomic E-state index is -0.946. The molecule has 0 fully saturated rings. The van der Waals surface area contributed by atoms with Gasteiger partial charge in [-0.15, -0.1) is 0 Å². The average Bonchev–Trinajstić information content (AvgIpc) is 2.68. The van der Waals surface area contributed by atoms with Gasteiger partial charge in [0, 0.05) is 22.7 Å². The topological polar surface area (TPSA) is 97.8 Å². The molecule has 2 aromatic rings. The Balaban J connectivity index is 2.04. The van der Waals surface area contributed by atoms with Crippen LogP contribution < -0.4 is 10.1 Å². The maximum Gasteiger partial charge on any atom is 0.328 e. The Labute approximate surface area is 175 Å². The zero-order valence-corrected chi connectivity index (χ0v) is 17.8. The summed E-state index contributed by atoms with van der Waals surface area (Å²) < 4.78 is 10.5. The SMILES string of the molecule is COc1ccnc(C(=O)N[C@@H](C)C(=O)OC(C)C(C)(C)c2ccc(Cl)cc2)c1O. The molecule has 1 aromatic heterocycles. The van der Waals surface area contributed by atoms with Crippen molar-refractivity contribution in [2.75, 3.05) is 7.11 Å². The molecule has 0 aliphatic rings. The van der Waals surface area contributed by atoms with Crippen molar-refractivity contribution in [3.8, 4) is 11.5 Å². The van der Waals surface area contributed by atoms with Gasteiger partial charge in [0.1, 0.15) is 12.1 Å².